The van der Waals surface area contributed by atoms with Crippen LogP contribution >= 0.6 is 0 Å². The van der Waals surface area contributed by atoms with Crippen molar-refractivity contribution < 1.29 is 30.7 Å². The molecular weight excluding hydrogens is 331 g/mol. The first-order valence-corrected chi connectivity index (χ1v) is 6.12. The van der Waals surface area contributed by atoms with Crippen LogP contribution in [0.15, 0.2) is 12.1 Å². The molecule has 1 N–H and O–H groups in total. The van der Waals surface area contributed by atoms with Crippen molar-refractivity contribution in [3.63, 3.8) is 0 Å². The first-order chi connectivity index (χ1) is 10.4. The van der Waals surface area contributed by atoms with Gasteiger partial charge in [0.15, 0.2) is 5.82 Å². The molecule has 0 aliphatic rings. The number of benzene rings is 1. The van der Waals surface area contributed by atoms with Crippen molar-refractivity contribution in [3.05, 3.63) is 35.2 Å². The van der Waals surface area contributed by atoms with Crippen molar-refractivity contribution in [1.82, 2.24) is 15.2 Å². The van der Waals surface area contributed by atoms with Crippen molar-refractivity contribution in [2.75, 3.05) is 0 Å². The van der Waals surface area contributed by atoms with Gasteiger partial charge in [0.05, 0.1) is 0 Å². The van der Waals surface area contributed by atoms with Crippen molar-refractivity contribution >= 4 is 0 Å². The van der Waals surface area contributed by atoms with E-state index < -0.39 is 23.6 Å². The minimum absolute atomic E-state index is 0.0133. The lowest BCUT2D eigenvalue weighted by molar-refractivity contribution is -0.348. The minimum atomic E-state index is -6.15. The molecule has 1 aromatic carbocycles. The number of halogens is 7. The van der Waals surface area contributed by atoms with E-state index in [1.165, 1.54) is 13.8 Å². The van der Waals surface area contributed by atoms with Gasteiger partial charge in [-0.15, -0.1) is 5.10 Å². The number of nitrogens with zero attached hydrogens (tertiary/aromatic N) is 2. The first-order valence-electron chi connectivity index (χ1n) is 6.12. The number of hydrogen-bond acceptors (Lipinski definition) is 2. The van der Waals surface area contributed by atoms with Gasteiger partial charge in [0.1, 0.15) is 0 Å². The zero-order chi connectivity index (χ0) is 17.6. The molecule has 0 amide bonds. The SMILES string of the molecule is Cc1cc(C(F)(C(F)(F)F)C(F)(F)F)cc(C)c1-c1n[c]n[nH]1. The molecule has 23 heavy (non-hydrogen) atoms. The molecule has 0 bridgehead atoms. The van der Waals surface area contributed by atoms with Crippen LogP contribution in [-0.4, -0.2) is 27.5 Å². The van der Waals surface area contributed by atoms with Gasteiger partial charge in [-0.3, -0.25) is 5.10 Å². The van der Waals surface area contributed by atoms with Gasteiger partial charge in [0, 0.05) is 11.1 Å². The number of aromatic nitrogens is 3. The molecule has 0 aliphatic carbocycles. The first kappa shape index (κ1) is 17.2. The van der Waals surface area contributed by atoms with Crippen LogP contribution < -0.4 is 0 Å². The van der Waals surface area contributed by atoms with Crippen LogP contribution in [0.1, 0.15) is 16.7 Å². The highest BCUT2D eigenvalue weighted by atomic mass is 19.4. The van der Waals surface area contributed by atoms with Crippen LogP contribution in [0.3, 0.4) is 0 Å². The molecule has 0 fully saturated rings. The minimum Gasteiger partial charge on any atom is -0.259 e. The molecule has 0 atom stereocenters. The monoisotopic (exact) mass is 340 g/mol. The zero-order valence-corrected chi connectivity index (χ0v) is 11.7. The number of rotatable bonds is 2. The fourth-order valence-corrected chi connectivity index (χ4v) is 2.31. The van der Waals surface area contributed by atoms with E-state index in [4.69, 9.17) is 0 Å². The van der Waals surface area contributed by atoms with Gasteiger partial charge >= 0.3 is 18.0 Å². The van der Waals surface area contributed by atoms with Gasteiger partial charge in [0.25, 0.3) is 0 Å². The van der Waals surface area contributed by atoms with E-state index in [9.17, 15) is 30.7 Å². The largest absolute Gasteiger partial charge is 0.435 e. The van der Waals surface area contributed by atoms with Crippen LogP contribution in [0, 0.1) is 20.2 Å². The Morgan fingerprint density at radius 2 is 1.39 bits per heavy atom. The average Bonchev–Trinajstić information content (AvgIpc) is 2.87. The summed E-state index contributed by atoms with van der Waals surface area (Å²) >= 11 is 0. The predicted molar refractivity (Wildman–Crippen MR) is 65.0 cm³/mol. The quantitative estimate of drug-likeness (QED) is 0.834. The molecule has 0 aliphatic heterocycles. The van der Waals surface area contributed by atoms with Crippen molar-refractivity contribution in [1.29, 1.82) is 0 Å². The summed E-state index contributed by atoms with van der Waals surface area (Å²) in [5.41, 5.74) is -6.78. The standard InChI is InChI=1S/C13H9F7N3/c1-6-3-8(11(14,12(15,16)17)13(18,19)20)4-7(2)9(6)10-21-5-22-23-10/h3-4H,1-2H3,(H,21,22,23). The normalized spacial score (nSPS) is 13.4. The van der Waals surface area contributed by atoms with E-state index >= 15 is 0 Å². The summed E-state index contributed by atoms with van der Waals surface area (Å²) in [5.74, 6) is 0.107. The number of H-pyrrole nitrogens is 1. The van der Waals surface area contributed by atoms with Crippen LogP contribution in [0.4, 0.5) is 30.7 Å². The van der Waals surface area contributed by atoms with Crippen molar-refractivity contribution in [3.8, 4) is 11.4 Å². The van der Waals surface area contributed by atoms with Crippen molar-refractivity contribution in [2.24, 2.45) is 0 Å². The van der Waals surface area contributed by atoms with Gasteiger partial charge in [-0.2, -0.15) is 26.3 Å². The highest BCUT2D eigenvalue weighted by Crippen LogP contribution is 2.53. The highest BCUT2D eigenvalue weighted by molar-refractivity contribution is 5.65. The maximum Gasteiger partial charge on any atom is 0.435 e. The molecule has 10 heteroatoms. The Kier molecular flexibility index (Phi) is 3.90. The van der Waals surface area contributed by atoms with Gasteiger partial charge < -0.3 is 0 Å². The molecular formula is C13H9F7N3. The molecule has 2 rings (SSSR count). The van der Waals surface area contributed by atoms with Gasteiger partial charge in [0.2, 0.25) is 6.33 Å². The number of aryl methyl sites for hydroxylation is 2. The Morgan fingerprint density at radius 1 is 0.913 bits per heavy atom. The van der Waals surface area contributed by atoms with E-state index in [0.29, 0.717) is 12.1 Å². The second kappa shape index (κ2) is 5.20. The topological polar surface area (TPSA) is 41.6 Å². The third kappa shape index (κ3) is 2.66. The molecule has 3 nitrogen and oxygen atoms in total. The summed E-state index contributed by atoms with van der Waals surface area (Å²) in [6.07, 6.45) is -10.1. The molecule has 1 heterocycles. The molecule has 125 valence electrons. The van der Waals surface area contributed by atoms with E-state index in [2.05, 4.69) is 21.5 Å². The average molecular weight is 340 g/mol. The number of alkyl halides is 7. The number of aromatic amines is 1. The van der Waals surface area contributed by atoms with Crippen LogP contribution in [0.25, 0.3) is 11.4 Å². The Labute approximate surface area is 125 Å². The lowest BCUT2D eigenvalue weighted by Gasteiger charge is -2.31. The van der Waals surface area contributed by atoms with Crippen LogP contribution in [0.2, 0.25) is 0 Å². The Bertz CT molecular complexity index is 664. The number of hydrogen-bond donors (Lipinski definition) is 1. The summed E-state index contributed by atoms with van der Waals surface area (Å²) < 4.78 is 90.8. The van der Waals surface area contributed by atoms with Crippen molar-refractivity contribution in [2.45, 2.75) is 31.9 Å². The Morgan fingerprint density at radius 3 is 1.74 bits per heavy atom. The summed E-state index contributed by atoms with van der Waals surface area (Å²) in [4.78, 5) is 3.67. The molecule has 2 aromatic rings. The van der Waals surface area contributed by atoms with Gasteiger partial charge in [-0.25, -0.2) is 9.37 Å². The maximum absolute atomic E-state index is 14.1. The van der Waals surface area contributed by atoms with E-state index in [-0.39, 0.29) is 22.5 Å². The second-order valence-electron chi connectivity index (χ2n) is 4.92. The molecule has 0 saturated heterocycles. The Hall–Kier alpha value is -2.13. The second-order valence-corrected chi connectivity index (χ2v) is 4.92. The number of nitrogens with one attached hydrogen (secondary N) is 1. The van der Waals surface area contributed by atoms with E-state index in [1.54, 1.807) is 0 Å². The lowest BCUT2D eigenvalue weighted by Crippen LogP contribution is -2.50. The molecule has 1 radical (unpaired) electrons. The molecule has 1 aromatic heterocycles. The predicted octanol–water partition coefficient (Wildman–Crippen LogP) is 4.18. The van der Waals surface area contributed by atoms with Crippen LogP contribution in [-0.2, 0) is 5.67 Å². The zero-order valence-electron chi connectivity index (χ0n) is 11.7. The summed E-state index contributed by atoms with van der Waals surface area (Å²) in [6.45, 7) is 2.50. The summed E-state index contributed by atoms with van der Waals surface area (Å²) in [7, 11) is 0. The third-order valence-corrected chi connectivity index (χ3v) is 3.32. The summed E-state index contributed by atoms with van der Waals surface area (Å²) in [5, 5.41) is 5.83. The smallest absolute Gasteiger partial charge is 0.259 e. The van der Waals surface area contributed by atoms with Crippen LogP contribution in [0.5, 0.6) is 0 Å². The maximum atomic E-state index is 14.1. The molecule has 0 spiro atoms. The van der Waals surface area contributed by atoms with E-state index in [1.807, 2.05) is 0 Å². The fraction of sp³-hybridized carbons (Fsp3) is 0.385. The third-order valence-electron chi connectivity index (χ3n) is 3.32. The molecule has 0 unspecified atom stereocenters. The van der Waals surface area contributed by atoms with Gasteiger partial charge in [-0.05, 0) is 25.0 Å². The van der Waals surface area contributed by atoms with E-state index in [0.717, 1.165) is 0 Å². The summed E-state index contributed by atoms with van der Waals surface area (Å²) in [6, 6.07) is 1.01. The Balaban J connectivity index is 2.69. The highest BCUT2D eigenvalue weighted by Gasteiger charge is 2.73. The van der Waals surface area contributed by atoms with Gasteiger partial charge in [-0.1, -0.05) is 12.1 Å². The molecule has 0 saturated carbocycles. The lowest BCUT2D eigenvalue weighted by atomic mass is 9.88. The fourth-order valence-electron chi connectivity index (χ4n) is 2.31.